The van der Waals surface area contributed by atoms with Crippen LogP contribution in [0.15, 0.2) is 72.8 Å². The normalized spacial score (nSPS) is 11.5. The van der Waals surface area contributed by atoms with Crippen molar-refractivity contribution in [3.63, 3.8) is 0 Å². The Hall–Kier alpha value is -2.98. The van der Waals surface area contributed by atoms with Gasteiger partial charge in [-0.3, -0.25) is 4.90 Å². The van der Waals surface area contributed by atoms with Gasteiger partial charge in [0.1, 0.15) is 0 Å². The van der Waals surface area contributed by atoms with E-state index < -0.39 is 5.54 Å². The van der Waals surface area contributed by atoms with Gasteiger partial charge in [-0.2, -0.15) is 0 Å². The van der Waals surface area contributed by atoms with Gasteiger partial charge < -0.3 is 14.7 Å². The summed E-state index contributed by atoms with van der Waals surface area (Å²) in [5.74, 6) is 0. The number of hydrogen-bond acceptors (Lipinski definition) is 4. The molecule has 0 aliphatic rings. The van der Waals surface area contributed by atoms with E-state index in [0.717, 1.165) is 0 Å². The highest BCUT2D eigenvalue weighted by molar-refractivity contribution is 5.88. The third-order valence-corrected chi connectivity index (χ3v) is 5.95. The second-order valence-electron chi connectivity index (χ2n) is 8.85. The summed E-state index contributed by atoms with van der Waals surface area (Å²) in [6, 6.07) is 26.2. The van der Waals surface area contributed by atoms with Crippen LogP contribution in [0.1, 0.15) is 16.7 Å². The van der Waals surface area contributed by atoms with Crippen LogP contribution in [0.5, 0.6) is 0 Å². The SMILES string of the molecule is CN(C)c1ccc(C(c2ccccc2)(c2ccccc2)N(C)C)c(N(C)C)c1N(C)C. The van der Waals surface area contributed by atoms with Gasteiger partial charge >= 0.3 is 0 Å². The third-order valence-electron chi connectivity index (χ3n) is 5.95. The van der Waals surface area contributed by atoms with Gasteiger partial charge in [-0.15, -0.1) is 0 Å². The fourth-order valence-electron chi connectivity index (χ4n) is 4.71. The number of hydrogen-bond donors (Lipinski definition) is 0. The first-order valence-electron chi connectivity index (χ1n) is 10.7. The number of nitrogens with zero attached hydrogens (tertiary/aromatic N) is 4. The van der Waals surface area contributed by atoms with E-state index in [4.69, 9.17) is 0 Å². The average Bonchev–Trinajstić information content (AvgIpc) is 2.74. The Labute approximate surface area is 188 Å². The Kier molecular flexibility index (Phi) is 6.61. The zero-order valence-corrected chi connectivity index (χ0v) is 20.2. The monoisotopic (exact) mass is 416 g/mol. The second kappa shape index (κ2) is 9.03. The maximum absolute atomic E-state index is 2.34. The Balaban J connectivity index is 2.53. The second-order valence-corrected chi connectivity index (χ2v) is 8.85. The maximum Gasteiger partial charge on any atom is 0.0988 e. The molecule has 0 aliphatic heterocycles. The molecule has 3 aromatic rings. The van der Waals surface area contributed by atoms with Crippen LogP contribution in [0.3, 0.4) is 0 Å². The van der Waals surface area contributed by atoms with Crippen LogP contribution in [0.4, 0.5) is 17.1 Å². The van der Waals surface area contributed by atoms with Gasteiger partial charge in [0.2, 0.25) is 0 Å². The van der Waals surface area contributed by atoms with Crippen LogP contribution in [0, 0.1) is 0 Å². The molecule has 0 saturated carbocycles. The van der Waals surface area contributed by atoms with Crippen molar-refractivity contribution in [3.8, 4) is 0 Å². The van der Waals surface area contributed by atoms with Crippen molar-refractivity contribution in [2.24, 2.45) is 0 Å². The number of rotatable bonds is 7. The van der Waals surface area contributed by atoms with Crippen molar-refractivity contribution in [3.05, 3.63) is 89.5 Å². The van der Waals surface area contributed by atoms with Gasteiger partial charge in [0.25, 0.3) is 0 Å². The highest BCUT2D eigenvalue weighted by Gasteiger charge is 2.42. The van der Waals surface area contributed by atoms with Gasteiger partial charge in [-0.1, -0.05) is 66.7 Å². The molecule has 0 spiro atoms. The number of anilines is 3. The molecule has 4 heteroatoms. The molecular weight excluding hydrogens is 380 g/mol. The topological polar surface area (TPSA) is 13.0 Å². The van der Waals surface area contributed by atoms with Crippen LogP contribution < -0.4 is 14.7 Å². The van der Waals surface area contributed by atoms with E-state index in [-0.39, 0.29) is 0 Å². The molecule has 0 unspecified atom stereocenters. The molecule has 4 nitrogen and oxygen atoms in total. The summed E-state index contributed by atoms with van der Waals surface area (Å²) in [7, 11) is 17.1. The van der Waals surface area contributed by atoms with Crippen molar-refractivity contribution in [1.29, 1.82) is 0 Å². The zero-order chi connectivity index (χ0) is 22.8. The fourth-order valence-corrected chi connectivity index (χ4v) is 4.71. The molecule has 0 heterocycles. The van der Waals surface area contributed by atoms with Crippen molar-refractivity contribution in [2.45, 2.75) is 5.54 Å². The molecule has 3 aromatic carbocycles. The van der Waals surface area contributed by atoms with Crippen LogP contribution in [-0.2, 0) is 5.54 Å². The van der Waals surface area contributed by atoms with E-state index >= 15 is 0 Å². The molecule has 0 N–H and O–H groups in total. The minimum Gasteiger partial charge on any atom is -0.376 e. The van der Waals surface area contributed by atoms with Crippen LogP contribution >= 0.6 is 0 Å². The smallest absolute Gasteiger partial charge is 0.0988 e. The molecule has 164 valence electrons. The highest BCUT2D eigenvalue weighted by Crippen LogP contribution is 2.49. The van der Waals surface area contributed by atoms with E-state index in [2.05, 4.69) is 149 Å². The van der Waals surface area contributed by atoms with E-state index in [1.165, 1.54) is 33.8 Å². The lowest BCUT2D eigenvalue weighted by Crippen LogP contribution is -2.44. The predicted molar refractivity (Wildman–Crippen MR) is 136 cm³/mol. The summed E-state index contributed by atoms with van der Waals surface area (Å²) >= 11 is 0. The van der Waals surface area contributed by atoms with Gasteiger partial charge in [0, 0.05) is 47.8 Å². The lowest BCUT2D eigenvalue weighted by molar-refractivity contribution is 0.248. The van der Waals surface area contributed by atoms with Crippen molar-refractivity contribution in [1.82, 2.24) is 4.90 Å². The maximum atomic E-state index is 2.34. The standard InChI is InChI=1S/C27H36N4/c1-28(2)24-20-19-23(25(29(3)4)26(24)30(5)6)27(31(7)8,21-15-11-9-12-16-21)22-17-13-10-14-18-22/h9-20H,1-8H3. The summed E-state index contributed by atoms with van der Waals surface area (Å²) in [4.78, 5) is 9.01. The van der Waals surface area contributed by atoms with Crippen molar-refractivity contribution >= 4 is 17.1 Å². The summed E-state index contributed by atoms with van der Waals surface area (Å²) in [5.41, 5.74) is 6.94. The van der Waals surface area contributed by atoms with E-state index in [0.29, 0.717) is 0 Å². The Morgan fingerprint density at radius 1 is 0.484 bits per heavy atom. The molecule has 0 amide bonds. The van der Waals surface area contributed by atoms with Gasteiger partial charge in [-0.25, -0.2) is 0 Å². The van der Waals surface area contributed by atoms with Gasteiger partial charge in [-0.05, 0) is 31.3 Å². The summed E-state index contributed by atoms with van der Waals surface area (Å²) in [6.07, 6.45) is 0. The molecule has 31 heavy (non-hydrogen) atoms. The van der Waals surface area contributed by atoms with Crippen LogP contribution in [-0.4, -0.2) is 61.3 Å². The molecule has 0 atom stereocenters. The fraction of sp³-hybridized carbons (Fsp3) is 0.333. The molecule has 0 aromatic heterocycles. The zero-order valence-electron chi connectivity index (χ0n) is 20.2. The molecule has 0 bridgehead atoms. The average molecular weight is 417 g/mol. The Morgan fingerprint density at radius 2 is 0.935 bits per heavy atom. The Morgan fingerprint density at radius 3 is 1.29 bits per heavy atom. The van der Waals surface area contributed by atoms with E-state index in [9.17, 15) is 0 Å². The molecule has 0 aliphatic carbocycles. The van der Waals surface area contributed by atoms with Crippen LogP contribution in [0.2, 0.25) is 0 Å². The van der Waals surface area contributed by atoms with Crippen molar-refractivity contribution in [2.75, 3.05) is 71.1 Å². The highest BCUT2D eigenvalue weighted by atomic mass is 15.2. The quantitative estimate of drug-likeness (QED) is 0.516. The lowest BCUT2D eigenvalue weighted by Gasteiger charge is -2.44. The van der Waals surface area contributed by atoms with E-state index in [1.807, 2.05) is 0 Å². The molecule has 0 saturated heterocycles. The molecular formula is C27H36N4. The number of benzene rings is 3. The third kappa shape index (κ3) is 3.88. The van der Waals surface area contributed by atoms with Crippen molar-refractivity contribution < 1.29 is 0 Å². The minimum atomic E-state index is -0.447. The summed E-state index contributed by atoms with van der Waals surface area (Å²) < 4.78 is 0. The van der Waals surface area contributed by atoms with Gasteiger partial charge in [0.15, 0.2) is 0 Å². The first-order chi connectivity index (χ1) is 14.7. The minimum absolute atomic E-state index is 0.447. The van der Waals surface area contributed by atoms with Gasteiger partial charge in [0.05, 0.1) is 22.6 Å². The van der Waals surface area contributed by atoms with Crippen LogP contribution in [0.25, 0.3) is 0 Å². The Bertz CT molecular complexity index is 953. The first-order valence-corrected chi connectivity index (χ1v) is 10.7. The summed E-state index contributed by atoms with van der Waals surface area (Å²) in [6.45, 7) is 0. The molecule has 0 fully saturated rings. The van der Waals surface area contributed by atoms with E-state index in [1.54, 1.807) is 0 Å². The first kappa shape index (κ1) is 22.7. The predicted octanol–water partition coefficient (Wildman–Crippen LogP) is 4.74. The molecule has 0 radical (unpaired) electrons. The molecule has 3 rings (SSSR count). The summed E-state index contributed by atoms with van der Waals surface area (Å²) in [5, 5.41) is 0. The largest absolute Gasteiger partial charge is 0.376 e. The lowest BCUT2D eigenvalue weighted by atomic mass is 9.74.